The molecule has 0 aliphatic carbocycles. The zero-order valence-corrected chi connectivity index (χ0v) is 17.7. The number of fused-ring (bicyclic) bond motifs is 1. The van der Waals surface area contributed by atoms with E-state index in [1.165, 1.54) is 19.2 Å². The summed E-state index contributed by atoms with van der Waals surface area (Å²) >= 11 is 5.15. The van der Waals surface area contributed by atoms with Crippen LogP contribution in [-0.4, -0.2) is 22.6 Å². The van der Waals surface area contributed by atoms with Gasteiger partial charge in [0.2, 0.25) is 5.91 Å². The first kappa shape index (κ1) is 20.8. The van der Waals surface area contributed by atoms with Crippen molar-refractivity contribution in [3.05, 3.63) is 80.1 Å². The molecule has 0 spiro atoms. The van der Waals surface area contributed by atoms with Gasteiger partial charge in [-0.2, -0.15) is 0 Å². The highest BCUT2D eigenvalue weighted by Gasteiger charge is 2.31. The van der Waals surface area contributed by atoms with E-state index in [9.17, 15) is 14.0 Å². The lowest BCUT2D eigenvalue weighted by molar-refractivity contribution is -0.116. The number of nitrogens with zero attached hydrogens (tertiary/aromatic N) is 1. The van der Waals surface area contributed by atoms with Gasteiger partial charge in [-0.05, 0) is 47.6 Å². The van der Waals surface area contributed by atoms with Crippen molar-refractivity contribution in [1.29, 1.82) is 0 Å². The van der Waals surface area contributed by atoms with Crippen LogP contribution in [0.4, 0.5) is 10.2 Å². The number of ether oxygens (including phenoxy) is 2. The number of carbonyl (C=O) groups is 1. The lowest BCUT2D eigenvalue weighted by Crippen LogP contribution is -2.33. The van der Waals surface area contributed by atoms with Crippen molar-refractivity contribution in [2.75, 3.05) is 12.4 Å². The Balaban J connectivity index is 1.68. The fourth-order valence-electron chi connectivity index (χ4n) is 3.63. The smallest absolute Gasteiger partial charge is 0.257 e. The van der Waals surface area contributed by atoms with E-state index in [1.54, 1.807) is 41.9 Å². The van der Waals surface area contributed by atoms with Crippen LogP contribution in [0.25, 0.3) is 0 Å². The average Bonchev–Trinajstić information content (AvgIpc) is 2.76. The summed E-state index contributed by atoms with van der Waals surface area (Å²) in [5, 5.41) is 2.75. The van der Waals surface area contributed by atoms with Crippen LogP contribution in [0.15, 0.2) is 47.3 Å². The second kappa shape index (κ2) is 8.35. The lowest BCUT2D eigenvalue weighted by Gasteiger charge is -2.27. The van der Waals surface area contributed by atoms with Gasteiger partial charge in [-0.15, -0.1) is 0 Å². The Kier molecular flexibility index (Phi) is 5.60. The number of aromatic nitrogens is 2. The Bertz CT molecular complexity index is 1270. The molecule has 9 heteroatoms. The molecule has 2 N–H and O–H groups in total. The number of aromatic amines is 1. The molecule has 0 saturated heterocycles. The van der Waals surface area contributed by atoms with Gasteiger partial charge in [-0.25, -0.2) is 4.39 Å². The number of methoxy groups -OCH3 is 1. The van der Waals surface area contributed by atoms with E-state index in [1.807, 2.05) is 0 Å². The maximum absolute atomic E-state index is 13.1. The van der Waals surface area contributed by atoms with Gasteiger partial charge < -0.3 is 19.4 Å². The summed E-state index contributed by atoms with van der Waals surface area (Å²) in [5.41, 5.74) is 1.66. The third-order valence-corrected chi connectivity index (χ3v) is 5.63. The Hall–Kier alpha value is -3.46. The van der Waals surface area contributed by atoms with E-state index in [0.29, 0.717) is 22.9 Å². The second-order valence-electron chi connectivity index (χ2n) is 7.21. The SMILES string of the molecule is COc1cc(C2CC(=O)Nc3c2c(=O)[nH]c(=S)n3C)ccc1OCc1ccc(F)cc1. The fourth-order valence-corrected chi connectivity index (χ4v) is 3.81. The standard InChI is InChI=1S/C22H20FN3O4S/c1-26-20-19(21(28)25-22(26)31)15(10-18(27)24-20)13-5-8-16(17(9-13)29-2)30-11-12-3-6-14(23)7-4-12/h3-9,15H,10-11H2,1-2H3,(H,24,27)(H,25,28,31). The largest absolute Gasteiger partial charge is 0.493 e. The van der Waals surface area contributed by atoms with Crippen molar-refractivity contribution in [3.8, 4) is 11.5 Å². The third-order valence-electron chi connectivity index (χ3n) is 5.25. The van der Waals surface area contributed by atoms with Crippen LogP contribution in [0.2, 0.25) is 0 Å². The fraction of sp³-hybridized carbons (Fsp3) is 0.227. The number of hydrogen-bond acceptors (Lipinski definition) is 5. The van der Waals surface area contributed by atoms with Crippen molar-refractivity contribution in [1.82, 2.24) is 9.55 Å². The average molecular weight is 441 g/mol. The topological polar surface area (TPSA) is 85.4 Å². The Morgan fingerprint density at radius 1 is 1.16 bits per heavy atom. The molecule has 1 amide bonds. The first-order chi connectivity index (χ1) is 14.9. The van der Waals surface area contributed by atoms with E-state index in [-0.39, 0.29) is 35.1 Å². The molecule has 1 aliphatic heterocycles. The minimum atomic E-state index is -0.464. The molecule has 31 heavy (non-hydrogen) atoms. The summed E-state index contributed by atoms with van der Waals surface area (Å²) in [4.78, 5) is 27.7. The van der Waals surface area contributed by atoms with Crippen molar-refractivity contribution in [2.45, 2.75) is 18.9 Å². The van der Waals surface area contributed by atoms with E-state index < -0.39 is 5.92 Å². The summed E-state index contributed by atoms with van der Waals surface area (Å²) < 4.78 is 26.2. The molecule has 3 aromatic rings. The van der Waals surface area contributed by atoms with Crippen LogP contribution >= 0.6 is 12.2 Å². The van der Waals surface area contributed by atoms with Crippen molar-refractivity contribution in [2.24, 2.45) is 7.05 Å². The molecular weight excluding hydrogens is 421 g/mol. The maximum Gasteiger partial charge on any atom is 0.257 e. The molecule has 2 aromatic carbocycles. The Labute approximate surface area is 182 Å². The minimum Gasteiger partial charge on any atom is -0.493 e. The van der Waals surface area contributed by atoms with E-state index in [2.05, 4.69) is 10.3 Å². The molecule has 1 atom stereocenters. The number of H-pyrrole nitrogens is 1. The molecule has 2 heterocycles. The molecule has 0 radical (unpaired) electrons. The lowest BCUT2D eigenvalue weighted by atomic mass is 9.86. The number of hydrogen-bond donors (Lipinski definition) is 2. The van der Waals surface area contributed by atoms with Crippen molar-refractivity contribution < 1.29 is 18.7 Å². The molecule has 0 bridgehead atoms. The zero-order chi connectivity index (χ0) is 22.1. The van der Waals surface area contributed by atoms with Crippen LogP contribution in [0.5, 0.6) is 11.5 Å². The van der Waals surface area contributed by atoms with E-state index in [4.69, 9.17) is 21.7 Å². The van der Waals surface area contributed by atoms with Crippen LogP contribution in [0.3, 0.4) is 0 Å². The van der Waals surface area contributed by atoms with Gasteiger partial charge in [-0.3, -0.25) is 14.6 Å². The first-order valence-electron chi connectivity index (χ1n) is 9.55. The predicted octanol–water partition coefficient (Wildman–Crippen LogP) is 3.64. The summed E-state index contributed by atoms with van der Waals surface area (Å²) in [7, 11) is 3.20. The van der Waals surface area contributed by atoms with Crippen LogP contribution in [0, 0.1) is 10.6 Å². The van der Waals surface area contributed by atoms with Crippen LogP contribution in [-0.2, 0) is 18.4 Å². The normalized spacial score (nSPS) is 15.2. The summed E-state index contributed by atoms with van der Waals surface area (Å²) in [6.45, 7) is 0.238. The van der Waals surface area contributed by atoms with Gasteiger partial charge in [0.15, 0.2) is 16.3 Å². The van der Waals surface area contributed by atoms with Crippen LogP contribution < -0.4 is 20.3 Å². The highest BCUT2D eigenvalue weighted by molar-refractivity contribution is 7.71. The number of benzene rings is 2. The Morgan fingerprint density at radius 3 is 2.61 bits per heavy atom. The number of nitrogens with one attached hydrogen (secondary N) is 2. The van der Waals surface area contributed by atoms with Gasteiger partial charge in [0.25, 0.3) is 5.56 Å². The molecule has 0 saturated carbocycles. The maximum atomic E-state index is 13.1. The molecule has 1 aromatic heterocycles. The number of carbonyl (C=O) groups excluding carboxylic acids is 1. The van der Waals surface area contributed by atoms with Crippen molar-refractivity contribution >= 4 is 23.9 Å². The third kappa shape index (κ3) is 4.09. The molecule has 1 unspecified atom stereocenters. The van der Waals surface area contributed by atoms with E-state index in [0.717, 1.165) is 11.1 Å². The van der Waals surface area contributed by atoms with Crippen molar-refractivity contribution in [3.63, 3.8) is 0 Å². The second-order valence-corrected chi connectivity index (χ2v) is 7.60. The summed E-state index contributed by atoms with van der Waals surface area (Å²) in [6.07, 6.45) is 0.117. The van der Waals surface area contributed by atoms with Gasteiger partial charge >= 0.3 is 0 Å². The molecule has 160 valence electrons. The Morgan fingerprint density at radius 2 is 1.90 bits per heavy atom. The quantitative estimate of drug-likeness (QED) is 0.591. The minimum absolute atomic E-state index is 0.117. The predicted molar refractivity (Wildman–Crippen MR) is 116 cm³/mol. The van der Waals surface area contributed by atoms with Gasteiger partial charge in [-0.1, -0.05) is 18.2 Å². The van der Waals surface area contributed by atoms with E-state index >= 15 is 0 Å². The summed E-state index contributed by atoms with van der Waals surface area (Å²) in [6, 6.07) is 11.3. The number of halogens is 1. The van der Waals surface area contributed by atoms with Gasteiger partial charge in [0.05, 0.1) is 12.7 Å². The highest BCUT2D eigenvalue weighted by atomic mass is 32.1. The van der Waals surface area contributed by atoms with Crippen LogP contribution in [0.1, 0.15) is 29.0 Å². The highest BCUT2D eigenvalue weighted by Crippen LogP contribution is 2.38. The first-order valence-corrected chi connectivity index (χ1v) is 9.96. The zero-order valence-electron chi connectivity index (χ0n) is 16.9. The number of anilines is 1. The summed E-state index contributed by atoms with van der Waals surface area (Å²) in [5.74, 6) is 0.377. The molecule has 1 aliphatic rings. The molecule has 0 fully saturated rings. The number of amides is 1. The molecular formula is C22H20FN3O4S. The molecule has 7 nitrogen and oxygen atoms in total. The monoisotopic (exact) mass is 441 g/mol. The number of rotatable bonds is 5. The molecule has 4 rings (SSSR count). The van der Waals surface area contributed by atoms with Gasteiger partial charge in [0, 0.05) is 19.4 Å². The van der Waals surface area contributed by atoms with Gasteiger partial charge in [0.1, 0.15) is 18.2 Å².